The van der Waals surface area contributed by atoms with E-state index in [0.29, 0.717) is 60.9 Å². The van der Waals surface area contributed by atoms with Crippen LogP contribution in [0.3, 0.4) is 0 Å². The van der Waals surface area contributed by atoms with Gasteiger partial charge in [0.05, 0.1) is 6.42 Å². The number of imidazole rings is 1. The van der Waals surface area contributed by atoms with Crippen molar-refractivity contribution in [3.8, 4) is 0 Å². The highest BCUT2D eigenvalue weighted by Gasteiger charge is 2.17. The largest absolute Gasteiger partial charge is 0.399 e. The first-order chi connectivity index (χ1) is 14.1. The van der Waals surface area contributed by atoms with Crippen molar-refractivity contribution in [1.82, 2.24) is 34.3 Å². The Morgan fingerprint density at radius 1 is 1.07 bits per heavy atom. The van der Waals surface area contributed by atoms with Gasteiger partial charge in [0, 0.05) is 18.8 Å². The van der Waals surface area contributed by atoms with E-state index in [2.05, 4.69) is 25.1 Å². The molecule has 29 heavy (non-hydrogen) atoms. The smallest absolute Gasteiger partial charge is 0.332 e. The third kappa shape index (κ3) is 3.68. The molecule has 0 aliphatic rings. The van der Waals surface area contributed by atoms with E-state index in [1.165, 1.54) is 10.9 Å². The lowest BCUT2D eigenvalue weighted by atomic mass is 10.1. The highest BCUT2D eigenvalue weighted by Crippen LogP contribution is 2.11. The first kappa shape index (κ1) is 18.7. The quantitative estimate of drug-likeness (QED) is 0.397. The second-order valence-electron chi connectivity index (χ2n) is 6.88. The predicted molar refractivity (Wildman–Crippen MR) is 109 cm³/mol. The topological polar surface area (TPSA) is 140 Å². The molecule has 10 nitrogen and oxygen atoms in total. The number of rotatable bonds is 7. The molecule has 0 aliphatic heterocycles. The number of H-pyrrole nitrogens is 2. The van der Waals surface area contributed by atoms with Crippen LogP contribution in [0.1, 0.15) is 30.6 Å². The van der Waals surface area contributed by atoms with Crippen LogP contribution in [0.2, 0.25) is 0 Å². The summed E-state index contributed by atoms with van der Waals surface area (Å²) in [7, 11) is 0. The maximum Gasteiger partial charge on any atom is 0.332 e. The van der Waals surface area contributed by atoms with Crippen LogP contribution in [0.5, 0.6) is 0 Å². The highest BCUT2D eigenvalue weighted by molar-refractivity contribution is 5.70. The number of aryl methyl sites for hydroxylation is 2. The van der Waals surface area contributed by atoms with Gasteiger partial charge in [0.2, 0.25) is 0 Å². The molecule has 0 fully saturated rings. The van der Waals surface area contributed by atoms with E-state index < -0.39 is 0 Å². The van der Waals surface area contributed by atoms with Gasteiger partial charge < -0.3 is 15.7 Å². The molecule has 4 N–H and O–H groups in total. The van der Waals surface area contributed by atoms with Gasteiger partial charge in [-0.2, -0.15) is 0 Å². The first-order valence-electron chi connectivity index (χ1n) is 9.48. The van der Waals surface area contributed by atoms with Crippen LogP contribution in [0.25, 0.3) is 11.2 Å². The molecule has 0 aliphatic carbocycles. The zero-order chi connectivity index (χ0) is 20.4. The maximum absolute atomic E-state index is 13.0. The summed E-state index contributed by atoms with van der Waals surface area (Å²) in [5.41, 5.74) is 7.45. The fourth-order valence-electron chi connectivity index (χ4n) is 3.32. The summed E-state index contributed by atoms with van der Waals surface area (Å²) in [6, 6.07) is 7.52. The van der Waals surface area contributed by atoms with Crippen LogP contribution >= 0.6 is 0 Å². The van der Waals surface area contributed by atoms with Gasteiger partial charge in [-0.15, -0.1) is 10.2 Å². The third-order valence-corrected chi connectivity index (χ3v) is 4.76. The number of aromatic nitrogens is 7. The second-order valence-corrected chi connectivity index (χ2v) is 6.88. The average molecular weight is 394 g/mol. The predicted octanol–water partition coefficient (Wildman–Crippen LogP) is 0.830. The van der Waals surface area contributed by atoms with E-state index in [1.54, 1.807) is 4.57 Å². The lowest BCUT2D eigenvalue weighted by molar-refractivity contribution is 0.559. The van der Waals surface area contributed by atoms with Crippen molar-refractivity contribution in [2.24, 2.45) is 0 Å². The summed E-state index contributed by atoms with van der Waals surface area (Å²) >= 11 is 0. The van der Waals surface area contributed by atoms with Crippen LogP contribution in [0, 0.1) is 0 Å². The standard InChI is InChI=1S/C19H22N8O2/c1-2-8-27-18(28)16-17(24-15(23-16)10-14-21-11-22-25-14)26(19(27)29)9-7-12-3-5-13(20)6-4-12/h3-6,11H,2,7-10,20H2,1H3,(H,23,24)(H,21,22,25). The van der Waals surface area contributed by atoms with Crippen LogP contribution in [0.15, 0.2) is 40.2 Å². The van der Waals surface area contributed by atoms with Crippen molar-refractivity contribution in [2.45, 2.75) is 39.3 Å². The van der Waals surface area contributed by atoms with Gasteiger partial charge in [-0.25, -0.2) is 9.78 Å². The summed E-state index contributed by atoms with van der Waals surface area (Å²) in [4.78, 5) is 36.4. The Morgan fingerprint density at radius 2 is 1.86 bits per heavy atom. The van der Waals surface area contributed by atoms with Crippen molar-refractivity contribution >= 4 is 16.9 Å². The molecular weight excluding hydrogens is 372 g/mol. The average Bonchev–Trinajstić information content (AvgIpc) is 3.37. The number of aromatic amines is 2. The molecule has 0 atom stereocenters. The van der Waals surface area contributed by atoms with Crippen molar-refractivity contribution in [2.75, 3.05) is 5.73 Å². The number of nitrogens with zero attached hydrogens (tertiary/aromatic N) is 5. The molecule has 10 heteroatoms. The van der Waals surface area contributed by atoms with Crippen molar-refractivity contribution in [3.63, 3.8) is 0 Å². The molecule has 0 saturated carbocycles. The molecule has 0 spiro atoms. The number of hydrogen-bond acceptors (Lipinski definition) is 6. The molecule has 0 saturated heterocycles. The molecule has 1 aromatic carbocycles. The Kier molecular flexibility index (Phi) is 4.98. The molecule has 0 bridgehead atoms. The Bertz CT molecular complexity index is 1230. The molecular formula is C19H22N8O2. The molecule has 150 valence electrons. The van der Waals surface area contributed by atoms with Gasteiger partial charge in [-0.05, 0) is 30.5 Å². The monoisotopic (exact) mass is 394 g/mol. The molecule has 0 radical (unpaired) electrons. The van der Waals surface area contributed by atoms with Crippen LogP contribution in [0.4, 0.5) is 5.69 Å². The summed E-state index contributed by atoms with van der Waals surface area (Å²) < 4.78 is 2.82. The van der Waals surface area contributed by atoms with Crippen LogP contribution in [-0.2, 0) is 25.9 Å². The fourth-order valence-corrected chi connectivity index (χ4v) is 3.32. The number of nitrogens with one attached hydrogen (secondary N) is 2. The zero-order valence-electron chi connectivity index (χ0n) is 16.1. The van der Waals surface area contributed by atoms with Crippen LogP contribution in [-0.4, -0.2) is 34.3 Å². The number of hydrogen-bond donors (Lipinski definition) is 3. The molecule has 0 amide bonds. The summed E-state index contributed by atoms with van der Waals surface area (Å²) in [5.74, 6) is 1.16. The maximum atomic E-state index is 13.0. The molecule has 3 heterocycles. The third-order valence-electron chi connectivity index (χ3n) is 4.76. The minimum absolute atomic E-state index is 0.324. The van der Waals surface area contributed by atoms with E-state index in [4.69, 9.17) is 5.73 Å². The number of benzene rings is 1. The van der Waals surface area contributed by atoms with Gasteiger partial charge in [-0.1, -0.05) is 19.1 Å². The van der Waals surface area contributed by atoms with E-state index in [9.17, 15) is 9.59 Å². The number of nitrogens with two attached hydrogens (primary N) is 1. The Morgan fingerprint density at radius 3 is 2.55 bits per heavy atom. The SMILES string of the molecule is CCCn1c(=O)c2[nH]c(Cc3nnc[nH]3)nc2n(CCc2ccc(N)cc2)c1=O. The molecule has 0 unspecified atom stereocenters. The van der Waals surface area contributed by atoms with E-state index in [1.807, 2.05) is 31.2 Å². The molecule has 4 aromatic rings. The van der Waals surface area contributed by atoms with Gasteiger partial charge in [0.1, 0.15) is 23.5 Å². The first-order valence-corrected chi connectivity index (χ1v) is 9.48. The Labute approximate surface area is 165 Å². The fraction of sp³-hybridized carbons (Fsp3) is 0.316. The van der Waals surface area contributed by atoms with Gasteiger partial charge in [0.15, 0.2) is 5.65 Å². The normalized spacial score (nSPS) is 11.3. The lowest BCUT2D eigenvalue weighted by Gasteiger charge is -2.11. The number of anilines is 1. The van der Waals surface area contributed by atoms with E-state index in [0.717, 1.165) is 5.56 Å². The van der Waals surface area contributed by atoms with Crippen molar-refractivity contribution in [3.05, 3.63) is 68.6 Å². The molecule has 3 aromatic heterocycles. The minimum atomic E-state index is -0.355. The lowest BCUT2D eigenvalue weighted by Crippen LogP contribution is -2.40. The van der Waals surface area contributed by atoms with Gasteiger partial charge >= 0.3 is 5.69 Å². The minimum Gasteiger partial charge on any atom is -0.399 e. The van der Waals surface area contributed by atoms with E-state index >= 15 is 0 Å². The number of nitrogen functional groups attached to an aromatic ring is 1. The summed E-state index contributed by atoms with van der Waals surface area (Å²) in [6.45, 7) is 2.68. The summed E-state index contributed by atoms with van der Waals surface area (Å²) in [6.07, 6.45) is 3.13. The zero-order valence-corrected chi connectivity index (χ0v) is 16.1. The van der Waals surface area contributed by atoms with Crippen molar-refractivity contribution < 1.29 is 0 Å². The summed E-state index contributed by atoms with van der Waals surface area (Å²) in [5, 5.41) is 7.70. The highest BCUT2D eigenvalue weighted by atomic mass is 16.2. The second kappa shape index (κ2) is 7.74. The Hall–Kier alpha value is -3.69. The van der Waals surface area contributed by atoms with Gasteiger partial charge in [-0.3, -0.25) is 13.9 Å². The number of fused-ring (bicyclic) bond motifs is 1. The Balaban J connectivity index is 1.77. The van der Waals surface area contributed by atoms with Gasteiger partial charge in [0.25, 0.3) is 5.56 Å². The van der Waals surface area contributed by atoms with E-state index in [-0.39, 0.29) is 11.2 Å². The van der Waals surface area contributed by atoms with Crippen molar-refractivity contribution in [1.29, 1.82) is 0 Å². The molecule has 4 rings (SSSR count). The van der Waals surface area contributed by atoms with Crippen LogP contribution < -0.4 is 17.0 Å².